The highest BCUT2D eigenvalue weighted by atomic mass is 32.2. The van der Waals surface area contributed by atoms with Crippen molar-refractivity contribution in [2.45, 2.75) is 69.8 Å². The van der Waals surface area contributed by atoms with Crippen molar-refractivity contribution in [3.05, 3.63) is 94.1 Å². The lowest BCUT2D eigenvalue weighted by Gasteiger charge is -2.49. The molecule has 3 amide bonds. The van der Waals surface area contributed by atoms with Crippen LogP contribution in [-0.2, 0) is 38.2 Å². The van der Waals surface area contributed by atoms with Gasteiger partial charge in [0.25, 0.3) is 11.8 Å². The van der Waals surface area contributed by atoms with Crippen LogP contribution in [0.1, 0.15) is 63.5 Å². The molecule has 4 N–H and O–H groups in total. The van der Waals surface area contributed by atoms with Crippen LogP contribution in [0, 0.1) is 5.92 Å². The number of esters is 2. The number of fused-ring (bicyclic) bond motifs is 1. The van der Waals surface area contributed by atoms with Crippen molar-refractivity contribution in [2.75, 3.05) is 24.6 Å². The van der Waals surface area contributed by atoms with E-state index in [2.05, 4.69) is 20.8 Å². The monoisotopic (exact) mass is 790 g/mol. The third-order valence-corrected chi connectivity index (χ3v) is 10.7. The number of thiazole rings is 1. The normalized spacial score (nSPS) is 18.8. The largest absolute Gasteiger partial charge is 0.461 e. The zero-order valence-corrected chi connectivity index (χ0v) is 32.3. The van der Waals surface area contributed by atoms with Gasteiger partial charge in [-0.05, 0) is 44.7 Å². The molecule has 1 aromatic heterocycles. The first-order chi connectivity index (χ1) is 26.3. The molecule has 6 rings (SSSR count). The van der Waals surface area contributed by atoms with Gasteiger partial charge in [-0.2, -0.15) is 0 Å². The summed E-state index contributed by atoms with van der Waals surface area (Å²) in [6.45, 7) is 6.38. The van der Waals surface area contributed by atoms with E-state index in [-0.39, 0.29) is 47.1 Å². The van der Waals surface area contributed by atoms with Crippen molar-refractivity contribution in [1.29, 1.82) is 0 Å². The number of carbonyl (C=O) groups excluding carboxylic acids is 5. The fourth-order valence-corrected chi connectivity index (χ4v) is 7.78. The Bertz CT molecular complexity index is 1940. The number of rotatable bonds is 14. The molecule has 0 bridgehead atoms. The maximum absolute atomic E-state index is 14.1. The van der Waals surface area contributed by atoms with Gasteiger partial charge in [-0.1, -0.05) is 65.8 Å². The number of amides is 3. The molecular weight excluding hydrogens is 749 g/mol. The van der Waals surface area contributed by atoms with E-state index < -0.39 is 59.1 Å². The quantitative estimate of drug-likeness (QED) is 0.0689. The maximum Gasteiger partial charge on any atom is 0.407 e. The molecule has 1 saturated heterocycles. The molecule has 2 fully saturated rings. The summed E-state index contributed by atoms with van der Waals surface area (Å²) < 4.78 is 16.7. The molecule has 290 valence electrons. The van der Waals surface area contributed by atoms with Gasteiger partial charge in [0.2, 0.25) is 0 Å². The molecule has 0 radical (unpaired) electrons. The zero-order chi connectivity index (χ0) is 39.3. The van der Waals surface area contributed by atoms with Crippen molar-refractivity contribution < 1.29 is 43.0 Å². The number of hydrogen-bond acceptors (Lipinski definition) is 14. The summed E-state index contributed by atoms with van der Waals surface area (Å²) in [5.74, 6) is -2.38. The molecule has 3 heterocycles. The SMILES string of the molecule is CC(=O)OCC1=C(C(=O)OC(c2ccccc2)c2ccccc2)N2C(=O)[C@@H](NC(=O)C(=NOC(CNC(=O)OC(C)(C)C)C3CC3)c3csc(N)n3)[C@H]2SC1. The highest BCUT2D eigenvalue weighted by Crippen LogP contribution is 2.42. The fraction of sp³-hybridized carbons (Fsp3) is 0.395. The van der Waals surface area contributed by atoms with Crippen LogP contribution in [0.5, 0.6) is 0 Å². The van der Waals surface area contributed by atoms with Gasteiger partial charge in [-0.25, -0.2) is 14.6 Å². The zero-order valence-electron chi connectivity index (χ0n) is 30.7. The summed E-state index contributed by atoms with van der Waals surface area (Å²) >= 11 is 2.39. The number of nitrogens with one attached hydrogen (secondary N) is 2. The number of aromatic nitrogens is 1. The number of anilines is 1. The first-order valence-electron chi connectivity index (χ1n) is 17.6. The number of nitrogens with zero attached hydrogens (tertiary/aromatic N) is 3. The van der Waals surface area contributed by atoms with Crippen LogP contribution < -0.4 is 16.4 Å². The van der Waals surface area contributed by atoms with Gasteiger partial charge >= 0.3 is 18.0 Å². The van der Waals surface area contributed by atoms with E-state index >= 15 is 0 Å². The highest BCUT2D eigenvalue weighted by molar-refractivity contribution is 8.00. The van der Waals surface area contributed by atoms with Crippen molar-refractivity contribution in [1.82, 2.24) is 20.5 Å². The van der Waals surface area contributed by atoms with Gasteiger partial charge in [0.1, 0.15) is 41.1 Å². The predicted molar refractivity (Wildman–Crippen MR) is 204 cm³/mol. The molecule has 17 heteroatoms. The molecule has 55 heavy (non-hydrogen) atoms. The summed E-state index contributed by atoms with van der Waals surface area (Å²) in [7, 11) is 0. The molecule has 1 aliphatic carbocycles. The van der Waals surface area contributed by atoms with Crippen LogP contribution in [-0.4, -0.2) is 87.5 Å². The lowest BCUT2D eigenvalue weighted by molar-refractivity contribution is -0.154. The Morgan fingerprint density at radius 1 is 1.04 bits per heavy atom. The molecule has 1 unspecified atom stereocenters. The lowest BCUT2D eigenvalue weighted by atomic mass is 10.0. The van der Waals surface area contributed by atoms with Crippen LogP contribution >= 0.6 is 23.1 Å². The number of nitrogens with two attached hydrogens (primary N) is 1. The average molecular weight is 791 g/mol. The standard InChI is InChI=1S/C38H42N6O9S2/c1-21(45)50-18-25-19-54-34-29(33(47)44(34)30(25)35(48)51-31(23-11-7-5-8-12-23)24-13-9-6-10-14-24)42-32(46)28(26-20-55-36(39)41-26)43-53-27(22-15-16-22)17-40-37(49)52-38(2,3)4/h5-14,20,22,27,29,31,34H,15-19H2,1-4H3,(H2,39,41)(H,40,49)(H,42,46)/t27?,29-,34-/m1/s1. The Kier molecular flexibility index (Phi) is 12.1. The molecule has 3 aromatic rings. The third-order valence-electron chi connectivity index (χ3n) is 8.66. The van der Waals surface area contributed by atoms with E-state index in [4.69, 9.17) is 24.8 Å². The van der Waals surface area contributed by atoms with Gasteiger partial charge in [0.15, 0.2) is 16.9 Å². The second kappa shape index (κ2) is 16.9. The van der Waals surface area contributed by atoms with Crippen molar-refractivity contribution in [3.63, 3.8) is 0 Å². The number of β-lactam (4-membered cyclic amide) rings is 1. The minimum Gasteiger partial charge on any atom is -0.461 e. The number of ether oxygens (including phenoxy) is 3. The molecule has 1 saturated carbocycles. The van der Waals surface area contributed by atoms with Gasteiger partial charge in [-0.3, -0.25) is 19.3 Å². The first-order valence-corrected chi connectivity index (χ1v) is 19.6. The van der Waals surface area contributed by atoms with Crippen LogP contribution in [0.15, 0.2) is 82.5 Å². The summed E-state index contributed by atoms with van der Waals surface area (Å²) in [5.41, 5.74) is 6.89. The topological polar surface area (TPSA) is 201 Å². The van der Waals surface area contributed by atoms with Gasteiger partial charge in [0, 0.05) is 29.5 Å². The van der Waals surface area contributed by atoms with Crippen LogP contribution in [0.2, 0.25) is 0 Å². The van der Waals surface area contributed by atoms with Gasteiger partial charge in [0.05, 0.1) is 6.54 Å². The van der Waals surface area contributed by atoms with Gasteiger partial charge < -0.3 is 35.4 Å². The van der Waals surface area contributed by atoms with E-state index in [0.717, 1.165) is 24.2 Å². The van der Waals surface area contributed by atoms with Gasteiger partial charge in [-0.15, -0.1) is 23.1 Å². The van der Waals surface area contributed by atoms with E-state index in [0.29, 0.717) is 16.7 Å². The number of benzene rings is 2. The lowest BCUT2D eigenvalue weighted by Crippen LogP contribution is -2.71. The summed E-state index contributed by atoms with van der Waals surface area (Å²) in [4.78, 5) is 77.4. The molecule has 3 aliphatic rings. The molecule has 15 nitrogen and oxygen atoms in total. The summed E-state index contributed by atoms with van der Waals surface area (Å²) in [6.07, 6.45) is -0.284. The molecule has 0 spiro atoms. The molecule has 3 atom stereocenters. The number of hydrogen-bond donors (Lipinski definition) is 3. The van der Waals surface area contributed by atoms with Crippen molar-refractivity contribution in [3.8, 4) is 0 Å². The number of carbonyl (C=O) groups is 5. The van der Waals surface area contributed by atoms with Crippen LogP contribution in [0.25, 0.3) is 0 Å². The predicted octanol–water partition coefficient (Wildman–Crippen LogP) is 4.30. The van der Waals surface area contributed by atoms with Crippen molar-refractivity contribution >= 4 is 63.8 Å². The maximum atomic E-state index is 14.1. The van der Waals surface area contributed by atoms with Crippen LogP contribution in [0.4, 0.5) is 9.93 Å². The Balaban J connectivity index is 1.21. The van der Waals surface area contributed by atoms with E-state index in [1.54, 1.807) is 26.2 Å². The number of alkyl carbamates (subject to hydrolysis) is 1. The fourth-order valence-electron chi connectivity index (χ4n) is 5.91. The van der Waals surface area contributed by atoms with E-state index in [9.17, 15) is 24.0 Å². The average Bonchev–Trinajstić information content (AvgIpc) is 3.91. The second-order valence-electron chi connectivity index (χ2n) is 14.1. The third kappa shape index (κ3) is 9.82. The summed E-state index contributed by atoms with van der Waals surface area (Å²) in [6, 6.07) is 17.3. The second-order valence-corrected chi connectivity index (χ2v) is 16.1. The van der Waals surface area contributed by atoms with Crippen LogP contribution in [0.3, 0.4) is 0 Å². The smallest absolute Gasteiger partial charge is 0.407 e. The molecular formula is C38H42N6O9S2. The minimum absolute atomic E-state index is 0.0494. The van der Waals surface area contributed by atoms with Crippen molar-refractivity contribution in [2.24, 2.45) is 11.1 Å². The highest BCUT2D eigenvalue weighted by Gasteiger charge is 2.55. The Morgan fingerprint density at radius 2 is 1.69 bits per heavy atom. The van der Waals surface area contributed by atoms with E-state index in [1.165, 1.54) is 23.6 Å². The first kappa shape index (κ1) is 39.3. The minimum atomic E-state index is -1.07. The number of oxime groups is 1. The Hall–Kier alpha value is -5.42. The molecule has 2 aliphatic heterocycles. The van der Waals surface area contributed by atoms with E-state index in [1.807, 2.05) is 60.7 Å². The molecule has 2 aromatic carbocycles. The number of thioether (sulfide) groups is 1. The Labute approximate surface area is 326 Å². The summed E-state index contributed by atoms with van der Waals surface area (Å²) in [5, 5.41) is 10.7. The number of nitrogen functional groups attached to an aromatic ring is 1. The Morgan fingerprint density at radius 3 is 2.25 bits per heavy atom.